The molecule has 0 N–H and O–H groups in total. The number of hydrogen-bond donors (Lipinski definition) is 0. The molecule has 5 rings (SSSR count). The van der Waals surface area contributed by atoms with Gasteiger partial charge in [-0.25, -0.2) is 9.50 Å². The van der Waals surface area contributed by atoms with Gasteiger partial charge in [0.05, 0.1) is 19.9 Å². The van der Waals surface area contributed by atoms with Crippen molar-refractivity contribution in [3.05, 3.63) is 72.2 Å². The van der Waals surface area contributed by atoms with Gasteiger partial charge in [-0.1, -0.05) is 12.1 Å². The summed E-state index contributed by atoms with van der Waals surface area (Å²) in [6, 6.07) is 14.2. The number of ether oxygens (including phenoxy) is 2. The summed E-state index contributed by atoms with van der Waals surface area (Å²) >= 11 is 1.71. The van der Waals surface area contributed by atoms with Gasteiger partial charge in [-0.15, -0.1) is 11.8 Å². The first kappa shape index (κ1) is 20.4. The Morgan fingerprint density at radius 1 is 1.19 bits per heavy atom. The molecule has 0 aliphatic carbocycles. The van der Waals surface area contributed by atoms with Crippen molar-refractivity contribution in [3.63, 3.8) is 0 Å². The van der Waals surface area contributed by atoms with Gasteiger partial charge in [0.1, 0.15) is 12.2 Å². The highest BCUT2D eigenvalue weighted by atomic mass is 32.2. The van der Waals surface area contributed by atoms with Gasteiger partial charge in [0.2, 0.25) is 0 Å². The zero-order chi connectivity index (χ0) is 22.1. The van der Waals surface area contributed by atoms with Crippen LogP contribution in [-0.4, -0.2) is 51.9 Å². The smallest absolute Gasteiger partial charge is 0.259 e. The molecule has 0 fully saturated rings. The topological polar surface area (TPSA) is 69.0 Å². The van der Waals surface area contributed by atoms with Gasteiger partial charge in [0.25, 0.3) is 5.91 Å². The normalized spacial score (nSPS) is 13.4. The highest BCUT2D eigenvalue weighted by Gasteiger charge is 2.26. The van der Waals surface area contributed by atoms with Crippen LogP contribution in [0.5, 0.6) is 11.5 Å². The second kappa shape index (κ2) is 8.55. The predicted molar refractivity (Wildman–Crippen MR) is 123 cm³/mol. The number of thioether (sulfide) groups is 1. The van der Waals surface area contributed by atoms with Gasteiger partial charge in [-0.2, -0.15) is 5.10 Å². The number of aromatic nitrogens is 3. The molecule has 2 aromatic carbocycles. The second-order valence-corrected chi connectivity index (χ2v) is 8.30. The Morgan fingerprint density at radius 3 is 2.81 bits per heavy atom. The lowest BCUT2D eigenvalue weighted by Gasteiger charge is -2.19. The molecule has 7 nitrogen and oxygen atoms in total. The summed E-state index contributed by atoms with van der Waals surface area (Å²) in [7, 11) is 1.64. The van der Waals surface area contributed by atoms with Gasteiger partial charge < -0.3 is 14.4 Å². The molecule has 3 heterocycles. The summed E-state index contributed by atoms with van der Waals surface area (Å²) in [5.41, 5.74) is 4.03. The van der Waals surface area contributed by atoms with E-state index in [2.05, 4.69) is 46.7 Å². The highest BCUT2D eigenvalue weighted by molar-refractivity contribution is 7.98. The molecule has 0 radical (unpaired) electrons. The summed E-state index contributed by atoms with van der Waals surface area (Å²) < 4.78 is 13.3. The van der Waals surface area contributed by atoms with E-state index in [9.17, 15) is 4.79 Å². The van der Waals surface area contributed by atoms with Crippen LogP contribution >= 0.6 is 11.8 Å². The zero-order valence-corrected chi connectivity index (χ0v) is 18.6. The highest BCUT2D eigenvalue weighted by Crippen LogP contribution is 2.39. The van der Waals surface area contributed by atoms with Crippen LogP contribution in [0.15, 0.2) is 66.0 Å². The van der Waals surface area contributed by atoms with E-state index in [1.54, 1.807) is 52.9 Å². The van der Waals surface area contributed by atoms with Crippen molar-refractivity contribution in [2.24, 2.45) is 0 Å². The molecule has 0 saturated heterocycles. The Labute approximate surface area is 190 Å². The van der Waals surface area contributed by atoms with Crippen molar-refractivity contribution in [1.82, 2.24) is 19.5 Å². The van der Waals surface area contributed by atoms with Crippen LogP contribution in [0.1, 0.15) is 15.9 Å². The van der Waals surface area contributed by atoms with Crippen LogP contribution in [0.4, 0.5) is 0 Å². The number of hydrogen-bond acceptors (Lipinski definition) is 6. The number of carbonyl (C=O) groups excluding carboxylic acids is 1. The molecule has 0 bridgehead atoms. The lowest BCUT2D eigenvalue weighted by atomic mass is 10.0. The summed E-state index contributed by atoms with van der Waals surface area (Å²) in [5, 5.41) is 4.25. The fraction of sp³-hybridized carbons (Fsp3) is 0.208. The second-order valence-electron chi connectivity index (χ2n) is 7.42. The number of nitrogens with zero attached hydrogens (tertiary/aromatic N) is 4. The van der Waals surface area contributed by atoms with Crippen LogP contribution in [0.2, 0.25) is 0 Å². The van der Waals surface area contributed by atoms with Crippen molar-refractivity contribution in [2.75, 3.05) is 26.5 Å². The molecular weight excluding hydrogens is 424 g/mol. The van der Waals surface area contributed by atoms with E-state index in [1.807, 2.05) is 6.07 Å². The molecule has 32 heavy (non-hydrogen) atoms. The Hall–Kier alpha value is -3.52. The molecule has 162 valence electrons. The van der Waals surface area contributed by atoms with E-state index in [0.717, 1.165) is 16.7 Å². The summed E-state index contributed by atoms with van der Waals surface area (Å²) in [4.78, 5) is 20.7. The first-order chi connectivity index (χ1) is 15.7. The maximum atomic E-state index is 13.4. The quantitative estimate of drug-likeness (QED) is 0.439. The molecule has 0 spiro atoms. The Balaban J connectivity index is 1.51. The number of rotatable bonds is 4. The van der Waals surface area contributed by atoms with Crippen molar-refractivity contribution in [2.45, 2.75) is 11.4 Å². The summed E-state index contributed by atoms with van der Waals surface area (Å²) in [6.45, 7) is 1.24. The first-order valence-electron chi connectivity index (χ1n) is 10.2. The molecule has 4 aromatic rings. The fourth-order valence-electron chi connectivity index (χ4n) is 3.91. The predicted octanol–water partition coefficient (Wildman–Crippen LogP) is 4.16. The van der Waals surface area contributed by atoms with Crippen LogP contribution in [0, 0.1) is 0 Å². The molecule has 0 unspecified atom stereocenters. The van der Waals surface area contributed by atoms with Crippen molar-refractivity contribution >= 4 is 23.3 Å². The Kier molecular flexibility index (Phi) is 5.45. The van der Waals surface area contributed by atoms with E-state index in [4.69, 9.17) is 9.47 Å². The standard InChI is InChI=1S/C24H22N4O3S/c1-30-21-13-17(16-4-6-19(32-2)7-5-16)12-18-15-27(10-11-31-22(18)21)24(29)20-14-26-28-9-3-8-25-23(20)28/h3-9,12-14H,10-11,15H2,1-2H3. The molecule has 8 heteroatoms. The minimum absolute atomic E-state index is 0.121. The molecule has 0 saturated carbocycles. The van der Waals surface area contributed by atoms with E-state index in [-0.39, 0.29) is 5.91 Å². The van der Waals surface area contributed by atoms with Gasteiger partial charge in [0, 0.05) is 29.4 Å². The van der Waals surface area contributed by atoms with E-state index in [0.29, 0.717) is 42.4 Å². The molecular formula is C24H22N4O3S. The van der Waals surface area contributed by atoms with Crippen LogP contribution in [0.25, 0.3) is 16.8 Å². The Bertz CT molecular complexity index is 1290. The number of benzene rings is 2. The third kappa shape index (κ3) is 3.67. The molecule has 1 amide bonds. The minimum Gasteiger partial charge on any atom is -0.493 e. The fourth-order valence-corrected chi connectivity index (χ4v) is 4.32. The molecule has 1 aliphatic rings. The number of carbonyl (C=O) groups is 1. The largest absolute Gasteiger partial charge is 0.493 e. The average Bonchev–Trinajstić information content (AvgIpc) is 3.15. The SMILES string of the molecule is COc1cc(-c2ccc(SC)cc2)cc2c1OCCN(C(=O)c1cnn3cccnc13)C2. The van der Waals surface area contributed by atoms with Gasteiger partial charge in [-0.3, -0.25) is 4.79 Å². The van der Waals surface area contributed by atoms with Crippen molar-refractivity contribution < 1.29 is 14.3 Å². The number of methoxy groups -OCH3 is 1. The van der Waals surface area contributed by atoms with Crippen LogP contribution in [-0.2, 0) is 6.54 Å². The maximum Gasteiger partial charge on any atom is 0.259 e. The van der Waals surface area contributed by atoms with Gasteiger partial charge in [0.15, 0.2) is 17.1 Å². The summed E-state index contributed by atoms with van der Waals surface area (Å²) in [5.74, 6) is 1.23. The van der Waals surface area contributed by atoms with Crippen molar-refractivity contribution in [1.29, 1.82) is 0 Å². The molecule has 1 aliphatic heterocycles. The number of fused-ring (bicyclic) bond motifs is 2. The third-order valence-corrected chi connectivity index (χ3v) is 6.28. The minimum atomic E-state index is -0.121. The number of amides is 1. The van der Waals surface area contributed by atoms with Crippen LogP contribution in [0.3, 0.4) is 0 Å². The van der Waals surface area contributed by atoms with Gasteiger partial charge in [-0.05, 0) is 47.7 Å². The molecule has 2 aromatic heterocycles. The zero-order valence-electron chi connectivity index (χ0n) is 17.8. The molecule has 0 atom stereocenters. The van der Waals surface area contributed by atoms with E-state index in [1.165, 1.54) is 4.90 Å². The van der Waals surface area contributed by atoms with Crippen LogP contribution < -0.4 is 9.47 Å². The van der Waals surface area contributed by atoms with E-state index < -0.39 is 0 Å². The average molecular weight is 447 g/mol. The maximum absolute atomic E-state index is 13.4. The van der Waals surface area contributed by atoms with Gasteiger partial charge >= 0.3 is 0 Å². The summed E-state index contributed by atoms with van der Waals surface area (Å²) in [6.07, 6.45) is 7.07. The lowest BCUT2D eigenvalue weighted by Crippen LogP contribution is -2.32. The Morgan fingerprint density at radius 2 is 2.03 bits per heavy atom. The monoisotopic (exact) mass is 446 g/mol. The van der Waals surface area contributed by atoms with Crippen molar-refractivity contribution in [3.8, 4) is 22.6 Å². The van der Waals surface area contributed by atoms with E-state index >= 15 is 0 Å². The third-order valence-electron chi connectivity index (χ3n) is 5.54. The first-order valence-corrected chi connectivity index (χ1v) is 11.5. The lowest BCUT2D eigenvalue weighted by molar-refractivity contribution is 0.0735.